The van der Waals surface area contributed by atoms with Gasteiger partial charge in [-0.3, -0.25) is 19.9 Å². The summed E-state index contributed by atoms with van der Waals surface area (Å²) in [6.07, 6.45) is 0.231. The van der Waals surface area contributed by atoms with Crippen LogP contribution in [0.15, 0.2) is 42.5 Å². The lowest BCUT2D eigenvalue weighted by atomic mass is 10.0. The summed E-state index contributed by atoms with van der Waals surface area (Å²) >= 11 is 6.66. The zero-order valence-corrected chi connectivity index (χ0v) is 17.9. The number of rotatable bonds is 3. The van der Waals surface area contributed by atoms with Crippen LogP contribution in [0.3, 0.4) is 0 Å². The number of hydrogen-bond donors (Lipinski definition) is 1. The maximum Gasteiger partial charge on any atom is 0.328 e. The molecule has 2 aromatic carbocycles. The lowest BCUT2D eigenvalue weighted by Crippen LogP contribution is -2.49. The van der Waals surface area contributed by atoms with Crippen molar-refractivity contribution in [3.8, 4) is 11.1 Å². The van der Waals surface area contributed by atoms with Crippen LogP contribution in [-0.4, -0.2) is 48.5 Å². The Morgan fingerprint density at radius 3 is 2.33 bits per heavy atom. The standard InChI is InChI=1S/C22H23ClN4O3/c1-22(2)13-25(3)21(30)27(22)15-9-7-14(8-10-15)16-5-4-6-17(19(16)23)26-12-11-18(28)24-20(26)29/h4-10H,11-13H2,1-3H3,(H,24,28,29). The molecule has 0 bridgehead atoms. The van der Waals surface area contributed by atoms with E-state index in [2.05, 4.69) is 5.32 Å². The maximum absolute atomic E-state index is 12.6. The van der Waals surface area contributed by atoms with Gasteiger partial charge in [-0.25, -0.2) is 9.59 Å². The molecule has 4 rings (SSSR count). The van der Waals surface area contributed by atoms with Gasteiger partial charge in [0.05, 0.1) is 16.2 Å². The van der Waals surface area contributed by atoms with Gasteiger partial charge in [-0.2, -0.15) is 0 Å². The second-order valence-electron chi connectivity index (χ2n) is 8.23. The molecule has 2 aliphatic rings. The molecular weight excluding hydrogens is 404 g/mol. The van der Waals surface area contributed by atoms with Gasteiger partial charge in [-0.05, 0) is 37.6 Å². The molecule has 30 heavy (non-hydrogen) atoms. The van der Waals surface area contributed by atoms with Gasteiger partial charge in [0.25, 0.3) is 0 Å². The largest absolute Gasteiger partial charge is 0.328 e. The first-order valence-corrected chi connectivity index (χ1v) is 10.1. The number of amides is 5. The quantitative estimate of drug-likeness (QED) is 0.802. The van der Waals surface area contributed by atoms with Gasteiger partial charge < -0.3 is 4.90 Å². The molecule has 0 unspecified atom stereocenters. The minimum atomic E-state index is -0.473. The van der Waals surface area contributed by atoms with Crippen LogP contribution >= 0.6 is 11.6 Å². The van der Waals surface area contributed by atoms with Crippen molar-refractivity contribution in [1.29, 1.82) is 0 Å². The molecule has 0 aliphatic carbocycles. The number of halogens is 1. The highest BCUT2D eigenvalue weighted by Gasteiger charge is 2.42. The fraction of sp³-hybridized carbons (Fsp3) is 0.318. The summed E-state index contributed by atoms with van der Waals surface area (Å²) in [4.78, 5) is 41.2. The first-order valence-electron chi connectivity index (χ1n) is 9.75. The summed E-state index contributed by atoms with van der Waals surface area (Å²) in [5.74, 6) is -0.288. The number of nitrogens with one attached hydrogen (secondary N) is 1. The molecule has 0 aromatic heterocycles. The molecule has 0 saturated carbocycles. The average molecular weight is 427 g/mol. The molecule has 8 heteroatoms. The number of anilines is 2. The number of likely N-dealkylation sites (N-methyl/N-ethyl adjacent to an activating group) is 1. The van der Waals surface area contributed by atoms with Gasteiger partial charge in [0, 0.05) is 37.8 Å². The summed E-state index contributed by atoms with van der Waals surface area (Å²) in [5, 5.41) is 2.75. The predicted octanol–water partition coefficient (Wildman–Crippen LogP) is 4.10. The Bertz CT molecular complexity index is 1040. The minimum Gasteiger partial charge on any atom is -0.325 e. The van der Waals surface area contributed by atoms with Crippen molar-refractivity contribution in [2.75, 3.05) is 29.9 Å². The molecule has 0 spiro atoms. The lowest BCUT2D eigenvalue weighted by Gasteiger charge is -2.30. The van der Waals surface area contributed by atoms with E-state index in [-0.39, 0.29) is 30.4 Å². The third kappa shape index (κ3) is 3.39. The summed E-state index contributed by atoms with van der Waals surface area (Å²) in [7, 11) is 1.80. The van der Waals surface area contributed by atoms with Crippen LogP contribution in [-0.2, 0) is 4.79 Å². The van der Waals surface area contributed by atoms with E-state index < -0.39 is 6.03 Å². The number of hydrogen-bond acceptors (Lipinski definition) is 3. The molecule has 2 aliphatic heterocycles. The first-order chi connectivity index (χ1) is 14.2. The SMILES string of the molecule is CN1CC(C)(C)N(c2ccc(-c3cccc(N4CCC(=O)NC4=O)c3Cl)cc2)C1=O. The molecule has 2 aromatic rings. The van der Waals surface area contributed by atoms with Crippen molar-refractivity contribution in [3.05, 3.63) is 47.5 Å². The van der Waals surface area contributed by atoms with E-state index in [9.17, 15) is 14.4 Å². The molecule has 2 heterocycles. The Kier molecular flexibility index (Phi) is 4.94. The van der Waals surface area contributed by atoms with Crippen molar-refractivity contribution < 1.29 is 14.4 Å². The normalized spacial score (nSPS) is 18.8. The smallest absolute Gasteiger partial charge is 0.325 e. The summed E-state index contributed by atoms with van der Waals surface area (Å²) in [6.45, 7) is 5.02. The third-order valence-corrected chi connectivity index (χ3v) is 5.90. The van der Waals surface area contributed by atoms with Crippen molar-refractivity contribution in [2.24, 2.45) is 0 Å². The van der Waals surface area contributed by atoms with Gasteiger partial charge in [0.1, 0.15) is 0 Å². The average Bonchev–Trinajstić information content (AvgIpc) is 2.89. The Hall–Kier alpha value is -3.06. The van der Waals surface area contributed by atoms with Crippen LogP contribution in [0.1, 0.15) is 20.3 Å². The monoisotopic (exact) mass is 426 g/mol. The van der Waals surface area contributed by atoms with Crippen molar-refractivity contribution in [2.45, 2.75) is 25.8 Å². The van der Waals surface area contributed by atoms with E-state index in [4.69, 9.17) is 11.6 Å². The van der Waals surface area contributed by atoms with Crippen molar-refractivity contribution in [3.63, 3.8) is 0 Å². The lowest BCUT2D eigenvalue weighted by molar-refractivity contribution is -0.120. The Morgan fingerprint density at radius 2 is 1.73 bits per heavy atom. The predicted molar refractivity (Wildman–Crippen MR) is 117 cm³/mol. The number of benzene rings is 2. The molecule has 156 valence electrons. The highest BCUT2D eigenvalue weighted by atomic mass is 35.5. The third-order valence-electron chi connectivity index (χ3n) is 5.51. The number of carbonyl (C=O) groups excluding carboxylic acids is 3. The summed E-state index contributed by atoms with van der Waals surface area (Å²) in [6, 6.07) is 12.6. The second-order valence-corrected chi connectivity index (χ2v) is 8.60. The van der Waals surface area contributed by atoms with E-state index >= 15 is 0 Å². The second kappa shape index (κ2) is 7.32. The molecule has 0 radical (unpaired) electrons. The zero-order valence-electron chi connectivity index (χ0n) is 17.1. The minimum absolute atomic E-state index is 0.0292. The summed E-state index contributed by atoms with van der Waals surface area (Å²) in [5.41, 5.74) is 2.72. The van der Waals surface area contributed by atoms with Crippen LogP contribution in [0.2, 0.25) is 5.02 Å². The number of nitrogens with zero attached hydrogens (tertiary/aromatic N) is 3. The van der Waals surface area contributed by atoms with E-state index in [1.165, 1.54) is 4.90 Å². The molecule has 0 atom stereocenters. The van der Waals surface area contributed by atoms with Gasteiger partial charge >= 0.3 is 12.1 Å². The Labute approximate surface area is 180 Å². The van der Waals surface area contributed by atoms with E-state index in [0.29, 0.717) is 17.3 Å². The van der Waals surface area contributed by atoms with Crippen LogP contribution in [0, 0.1) is 0 Å². The van der Waals surface area contributed by atoms with Crippen molar-refractivity contribution >= 4 is 40.9 Å². The highest BCUT2D eigenvalue weighted by molar-refractivity contribution is 6.36. The van der Waals surface area contributed by atoms with E-state index in [0.717, 1.165) is 16.8 Å². The van der Waals surface area contributed by atoms with Crippen LogP contribution < -0.4 is 15.1 Å². The number of imide groups is 1. The zero-order chi connectivity index (χ0) is 21.6. The van der Waals surface area contributed by atoms with Gasteiger partial charge in [0.2, 0.25) is 5.91 Å². The number of urea groups is 2. The van der Waals surface area contributed by atoms with Gasteiger partial charge in [-0.15, -0.1) is 0 Å². The first kappa shape index (κ1) is 20.2. The van der Waals surface area contributed by atoms with Gasteiger partial charge in [0.15, 0.2) is 0 Å². The van der Waals surface area contributed by atoms with Crippen molar-refractivity contribution in [1.82, 2.24) is 10.2 Å². The molecule has 7 nitrogen and oxygen atoms in total. The highest BCUT2D eigenvalue weighted by Crippen LogP contribution is 2.38. The van der Waals surface area contributed by atoms with E-state index in [1.54, 1.807) is 22.9 Å². The maximum atomic E-state index is 12.6. The Morgan fingerprint density at radius 1 is 1.03 bits per heavy atom. The topological polar surface area (TPSA) is 73.0 Å². The molecule has 2 saturated heterocycles. The molecule has 5 amide bonds. The van der Waals surface area contributed by atoms with Crippen LogP contribution in [0.4, 0.5) is 21.0 Å². The molecule has 1 N–H and O–H groups in total. The van der Waals surface area contributed by atoms with Gasteiger partial charge in [-0.1, -0.05) is 35.9 Å². The molecule has 2 fully saturated rings. The van der Waals surface area contributed by atoms with Crippen LogP contribution in [0.5, 0.6) is 0 Å². The summed E-state index contributed by atoms with van der Waals surface area (Å²) < 4.78 is 0. The fourth-order valence-corrected chi connectivity index (χ4v) is 4.48. The fourth-order valence-electron chi connectivity index (χ4n) is 4.14. The molecular formula is C22H23ClN4O3. The Balaban J connectivity index is 1.65. The van der Waals surface area contributed by atoms with Crippen LogP contribution in [0.25, 0.3) is 11.1 Å². The number of carbonyl (C=O) groups is 3. The van der Waals surface area contributed by atoms with E-state index in [1.807, 2.05) is 50.2 Å².